The van der Waals surface area contributed by atoms with Crippen LogP contribution in [0.25, 0.3) is 108 Å². The third-order valence-electron chi connectivity index (χ3n) is 10.9. The lowest BCUT2D eigenvalue weighted by molar-refractivity contribution is 1.08. The highest BCUT2D eigenvalue weighted by Crippen LogP contribution is 2.42. The molecule has 4 aromatic heterocycles. The molecule has 5 heteroatoms. The van der Waals surface area contributed by atoms with E-state index in [1.54, 1.807) is 0 Å². The van der Waals surface area contributed by atoms with E-state index in [4.69, 9.17) is 9.97 Å². The minimum Gasteiger partial charge on any atom is -0.309 e. The molecule has 12 rings (SSSR count). The van der Waals surface area contributed by atoms with Gasteiger partial charge in [0.15, 0.2) is 5.82 Å². The molecule has 12 aromatic rings. The average Bonchev–Trinajstić information content (AvgIpc) is 3.87. The quantitative estimate of drug-likeness (QED) is 0.185. The lowest BCUT2D eigenvalue weighted by Crippen LogP contribution is -2.04. The Bertz CT molecular complexity index is 3420. The fourth-order valence-electron chi connectivity index (χ4n) is 8.56. The Morgan fingerprint density at radius 1 is 0.396 bits per heavy atom. The predicted octanol–water partition coefficient (Wildman–Crippen LogP) is 13.0. The molecule has 0 spiro atoms. The molecule has 0 aliphatic heterocycles. The zero-order valence-corrected chi connectivity index (χ0v) is 29.2. The van der Waals surface area contributed by atoms with Crippen LogP contribution in [0.3, 0.4) is 0 Å². The zero-order chi connectivity index (χ0) is 34.6. The highest BCUT2D eigenvalue weighted by molar-refractivity contribution is 7.25. The zero-order valence-electron chi connectivity index (χ0n) is 28.4. The molecular formula is C48H28N4S. The normalized spacial score (nSPS) is 12.2. The highest BCUT2D eigenvalue weighted by Gasteiger charge is 2.22. The predicted molar refractivity (Wildman–Crippen MR) is 224 cm³/mol. The first-order valence-electron chi connectivity index (χ1n) is 17.9. The number of benzene rings is 8. The van der Waals surface area contributed by atoms with E-state index in [9.17, 15) is 0 Å². The van der Waals surface area contributed by atoms with Gasteiger partial charge in [-0.25, -0.2) is 9.97 Å². The molecule has 0 saturated carbocycles. The topological polar surface area (TPSA) is 35.6 Å². The summed E-state index contributed by atoms with van der Waals surface area (Å²) in [7, 11) is 0. The van der Waals surface area contributed by atoms with Gasteiger partial charge in [0, 0.05) is 53.0 Å². The number of para-hydroxylation sites is 4. The minimum atomic E-state index is 0.817. The molecule has 0 atom stereocenters. The summed E-state index contributed by atoms with van der Waals surface area (Å²) in [5, 5.41) is 9.83. The Morgan fingerprint density at radius 2 is 1.06 bits per heavy atom. The van der Waals surface area contributed by atoms with Crippen molar-refractivity contribution in [3.8, 4) is 22.8 Å². The monoisotopic (exact) mass is 692 g/mol. The van der Waals surface area contributed by atoms with Crippen LogP contribution in [0.15, 0.2) is 170 Å². The second-order valence-corrected chi connectivity index (χ2v) is 14.9. The maximum Gasteiger partial charge on any atom is 0.165 e. The van der Waals surface area contributed by atoms with Crippen LogP contribution in [0.1, 0.15) is 0 Å². The van der Waals surface area contributed by atoms with E-state index in [2.05, 4.69) is 167 Å². The Labute approximate surface area is 307 Å². The molecule has 4 heterocycles. The molecule has 8 aromatic carbocycles. The number of rotatable bonds is 3. The summed E-state index contributed by atoms with van der Waals surface area (Å²) >= 11 is 1.83. The largest absolute Gasteiger partial charge is 0.309 e. The van der Waals surface area contributed by atoms with Gasteiger partial charge in [-0.05, 0) is 71.4 Å². The van der Waals surface area contributed by atoms with Crippen molar-refractivity contribution in [2.24, 2.45) is 0 Å². The average molecular weight is 693 g/mol. The first kappa shape index (κ1) is 28.8. The van der Waals surface area contributed by atoms with Gasteiger partial charge in [-0.2, -0.15) is 0 Å². The van der Waals surface area contributed by atoms with Gasteiger partial charge >= 0.3 is 0 Å². The van der Waals surface area contributed by atoms with Gasteiger partial charge < -0.3 is 4.57 Å². The standard InChI is InChI=1S/C48H28N4S/c1-2-12-32-29(11-1)21-25-42-46(32)36-24-23-31(51-40-18-8-3-13-33(40)34-14-4-9-19-41(34)51)28-43(36)52(42)48-47(49-38-16-6-7-17-39(38)50-48)30-22-26-45-37(27-30)35-15-5-10-20-44(35)53-45/h1-28H. The Hall–Kier alpha value is -6.82. The summed E-state index contributed by atoms with van der Waals surface area (Å²) in [6.07, 6.45) is 0. The molecule has 0 bridgehead atoms. The van der Waals surface area contributed by atoms with Crippen LogP contribution in [0.5, 0.6) is 0 Å². The van der Waals surface area contributed by atoms with Crippen LogP contribution in [0.2, 0.25) is 0 Å². The van der Waals surface area contributed by atoms with Crippen LogP contribution in [0, 0.1) is 0 Å². The van der Waals surface area contributed by atoms with Gasteiger partial charge in [0.05, 0.1) is 33.1 Å². The molecule has 0 radical (unpaired) electrons. The fourth-order valence-corrected chi connectivity index (χ4v) is 9.64. The summed E-state index contributed by atoms with van der Waals surface area (Å²) in [5.41, 5.74) is 9.30. The molecule has 0 aliphatic rings. The highest BCUT2D eigenvalue weighted by atomic mass is 32.1. The third kappa shape index (κ3) is 4.11. The van der Waals surface area contributed by atoms with Gasteiger partial charge in [-0.1, -0.05) is 109 Å². The summed E-state index contributed by atoms with van der Waals surface area (Å²) in [4.78, 5) is 10.9. The number of aromatic nitrogens is 4. The summed E-state index contributed by atoms with van der Waals surface area (Å²) in [6.45, 7) is 0. The van der Waals surface area contributed by atoms with E-state index in [1.165, 1.54) is 63.5 Å². The van der Waals surface area contributed by atoms with E-state index >= 15 is 0 Å². The van der Waals surface area contributed by atoms with Gasteiger partial charge in [0.25, 0.3) is 0 Å². The number of hydrogen-bond acceptors (Lipinski definition) is 3. The number of thiophene rings is 1. The lowest BCUT2D eigenvalue weighted by atomic mass is 10.0. The summed E-state index contributed by atoms with van der Waals surface area (Å²) < 4.78 is 7.31. The van der Waals surface area contributed by atoms with Crippen molar-refractivity contribution in [3.05, 3.63) is 170 Å². The van der Waals surface area contributed by atoms with Crippen molar-refractivity contribution in [1.82, 2.24) is 19.1 Å². The molecule has 0 amide bonds. The maximum absolute atomic E-state index is 5.49. The van der Waals surface area contributed by atoms with E-state index < -0.39 is 0 Å². The Balaban J connectivity index is 1.22. The van der Waals surface area contributed by atoms with Gasteiger partial charge in [0.2, 0.25) is 0 Å². The molecule has 4 nitrogen and oxygen atoms in total. The van der Waals surface area contributed by atoms with Crippen molar-refractivity contribution < 1.29 is 0 Å². The first-order valence-corrected chi connectivity index (χ1v) is 18.7. The molecule has 0 unspecified atom stereocenters. The second-order valence-electron chi connectivity index (χ2n) is 13.8. The van der Waals surface area contributed by atoms with Crippen molar-refractivity contribution >= 4 is 96.9 Å². The van der Waals surface area contributed by atoms with Crippen LogP contribution < -0.4 is 0 Å². The Kier molecular flexibility index (Phi) is 5.90. The van der Waals surface area contributed by atoms with E-state index in [0.717, 1.165) is 44.8 Å². The molecule has 246 valence electrons. The molecule has 0 saturated heterocycles. The van der Waals surface area contributed by atoms with Crippen molar-refractivity contribution in [3.63, 3.8) is 0 Å². The minimum absolute atomic E-state index is 0.817. The maximum atomic E-state index is 5.49. The molecular weight excluding hydrogens is 665 g/mol. The smallest absolute Gasteiger partial charge is 0.165 e. The van der Waals surface area contributed by atoms with E-state index in [1.807, 2.05) is 23.5 Å². The SMILES string of the molecule is c1ccc2c(c1)ccc1c2c2ccc(-n3c4ccccc4c4ccccc43)cc2n1-c1nc2ccccc2nc1-c1ccc2sc3ccccc3c2c1. The molecule has 0 N–H and O–H groups in total. The number of fused-ring (bicyclic) bond motifs is 12. The van der Waals surface area contributed by atoms with Crippen LogP contribution >= 0.6 is 11.3 Å². The van der Waals surface area contributed by atoms with Crippen molar-refractivity contribution in [2.75, 3.05) is 0 Å². The van der Waals surface area contributed by atoms with Crippen LogP contribution in [-0.4, -0.2) is 19.1 Å². The summed E-state index contributed by atoms with van der Waals surface area (Å²) in [5.74, 6) is 0.817. The van der Waals surface area contributed by atoms with Crippen molar-refractivity contribution in [1.29, 1.82) is 0 Å². The number of hydrogen-bond donors (Lipinski definition) is 0. The fraction of sp³-hybridized carbons (Fsp3) is 0. The van der Waals surface area contributed by atoms with Crippen molar-refractivity contribution in [2.45, 2.75) is 0 Å². The van der Waals surface area contributed by atoms with Gasteiger partial charge in [-0.3, -0.25) is 4.57 Å². The molecule has 0 aliphatic carbocycles. The molecule has 0 fully saturated rings. The first-order chi connectivity index (χ1) is 26.3. The second kappa shape index (κ2) is 10.8. The summed E-state index contributed by atoms with van der Waals surface area (Å²) in [6, 6.07) is 61.2. The van der Waals surface area contributed by atoms with Gasteiger partial charge in [0.1, 0.15) is 5.69 Å². The Morgan fingerprint density at radius 3 is 1.87 bits per heavy atom. The number of nitrogens with zero attached hydrogens (tertiary/aromatic N) is 4. The van der Waals surface area contributed by atoms with E-state index in [0.29, 0.717) is 0 Å². The van der Waals surface area contributed by atoms with Crippen LogP contribution in [0.4, 0.5) is 0 Å². The van der Waals surface area contributed by atoms with Gasteiger partial charge in [-0.15, -0.1) is 11.3 Å². The van der Waals surface area contributed by atoms with Crippen LogP contribution in [-0.2, 0) is 0 Å². The lowest BCUT2D eigenvalue weighted by Gasteiger charge is -2.15. The third-order valence-corrected chi connectivity index (χ3v) is 12.0. The van der Waals surface area contributed by atoms with E-state index in [-0.39, 0.29) is 0 Å². The molecule has 53 heavy (non-hydrogen) atoms.